The number of hydrogen-bond donors (Lipinski definition) is 2. The second-order valence-electron chi connectivity index (χ2n) is 3.69. The maximum atomic E-state index is 13.5. The van der Waals surface area contributed by atoms with Crippen molar-refractivity contribution in [2.45, 2.75) is 24.8 Å². The van der Waals surface area contributed by atoms with Crippen LogP contribution in [0.25, 0.3) is 0 Å². The van der Waals surface area contributed by atoms with Gasteiger partial charge in [-0.3, -0.25) is 0 Å². The summed E-state index contributed by atoms with van der Waals surface area (Å²) >= 11 is 0. The minimum atomic E-state index is -3.75. The molecule has 1 aromatic carbocycles. The van der Waals surface area contributed by atoms with Gasteiger partial charge in [0, 0.05) is 13.1 Å². The summed E-state index contributed by atoms with van der Waals surface area (Å²) in [7, 11) is -2.00. The Hall–Kier alpha value is -0.980. The first-order chi connectivity index (χ1) is 8.01. The predicted octanol–water partition coefficient (Wildman–Crippen LogP) is 1.23. The van der Waals surface area contributed by atoms with E-state index in [0.29, 0.717) is 19.5 Å². The van der Waals surface area contributed by atoms with E-state index in [-0.39, 0.29) is 4.90 Å². The molecular weight excluding hydrogens is 243 g/mol. The van der Waals surface area contributed by atoms with Gasteiger partial charge in [-0.15, -0.1) is 0 Å². The lowest BCUT2D eigenvalue weighted by Crippen LogP contribution is -2.25. The smallest absolute Gasteiger partial charge is 0.243 e. The average molecular weight is 260 g/mol. The van der Waals surface area contributed by atoms with E-state index in [1.54, 1.807) is 13.1 Å². The Labute approximate surface area is 101 Å². The SMILES string of the molecule is CCCNS(=O)(=O)c1cc(CNC)ccc1F. The minimum absolute atomic E-state index is 0.293. The first kappa shape index (κ1) is 14.1. The Bertz CT molecular complexity index is 474. The fraction of sp³-hybridized carbons (Fsp3) is 0.455. The van der Waals surface area contributed by atoms with Crippen molar-refractivity contribution in [3.05, 3.63) is 29.6 Å². The number of hydrogen-bond acceptors (Lipinski definition) is 3. The Morgan fingerprint density at radius 1 is 1.35 bits per heavy atom. The molecule has 96 valence electrons. The van der Waals surface area contributed by atoms with Gasteiger partial charge in [0.2, 0.25) is 10.0 Å². The van der Waals surface area contributed by atoms with E-state index in [1.807, 2.05) is 6.92 Å². The van der Waals surface area contributed by atoms with Crippen molar-refractivity contribution in [1.82, 2.24) is 10.0 Å². The zero-order valence-electron chi connectivity index (χ0n) is 9.96. The topological polar surface area (TPSA) is 58.2 Å². The van der Waals surface area contributed by atoms with E-state index >= 15 is 0 Å². The van der Waals surface area contributed by atoms with Gasteiger partial charge in [0.25, 0.3) is 0 Å². The standard InChI is InChI=1S/C11H17FN2O2S/c1-3-6-14-17(15,16)11-7-9(8-13-2)4-5-10(11)12/h4-5,7,13-14H,3,6,8H2,1-2H3. The van der Waals surface area contributed by atoms with Crippen LogP contribution in [0.5, 0.6) is 0 Å². The number of nitrogens with one attached hydrogen (secondary N) is 2. The molecule has 0 saturated carbocycles. The third-order valence-electron chi connectivity index (χ3n) is 2.21. The summed E-state index contributed by atoms with van der Waals surface area (Å²) in [6.45, 7) is 2.64. The number of rotatable bonds is 6. The molecule has 0 unspecified atom stereocenters. The van der Waals surface area contributed by atoms with Crippen LogP contribution in [0.1, 0.15) is 18.9 Å². The lowest BCUT2D eigenvalue weighted by Gasteiger charge is -2.08. The molecule has 0 aromatic heterocycles. The third kappa shape index (κ3) is 3.76. The van der Waals surface area contributed by atoms with Crippen molar-refractivity contribution in [3.63, 3.8) is 0 Å². The van der Waals surface area contributed by atoms with Gasteiger partial charge in [-0.2, -0.15) is 0 Å². The largest absolute Gasteiger partial charge is 0.316 e. The van der Waals surface area contributed by atoms with Gasteiger partial charge in [0.1, 0.15) is 10.7 Å². The zero-order valence-corrected chi connectivity index (χ0v) is 10.8. The van der Waals surface area contributed by atoms with E-state index < -0.39 is 15.8 Å². The van der Waals surface area contributed by atoms with Crippen LogP contribution in [-0.4, -0.2) is 22.0 Å². The molecule has 0 radical (unpaired) electrons. The number of halogens is 1. The molecule has 0 atom stereocenters. The van der Waals surface area contributed by atoms with Crippen LogP contribution in [0.2, 0.25) is 0 Å². The van der Waals surface area contributed by atoms with E-state index in [1.165, 1.54) is 12.1 Å². The molecule has 0 amide bonds. The van der Waals surface area contributed by atoms with Crippen LogP contribution in [0.15, 0.2) is 23.1 Å². The molecule has 0 heterocycles. The lowest BCUT2D eigenvalue weighted by atomic mass is 10.2. The molecule has 0 aliphatic heterocycles. The van der Waals surface area contributed by atoms with Crippen molar-refractivity contribution in [3.8, 4) is 0 Å². The molecular formula is C11H17FN2O2S. The minimum Gasteiger partial charge on any atom is -0.316 e. The van der Waals surface area contributed by atoms with Gasteiger partial charge in [-0.25, -0.2) is 17.5 Å². The monoisotopic (exact) mass is 260 g/mol. The molecule has 2 N–H and O–H groups in total. The first-order valence-corrected chi connectivity index (χ1v) is 6.92. The van der Waals surface area contributed by atoms with Crippen LogP contribution < -0.4 is 10.0 Å². The van der Waals surface area contributed by atoms with Gasteiger partial charge >= 0.3 is 0 Å². The van der Waals surface area contributed by atoms with Crippen LogP contribution >= 0.6 is 0 Å². The van der Waals surface area contributed by atoms with Gasteiger partial charge in [0.15, 0.2) is 0 Å². The first-order valence-electron chi connectivity index (χ1n) is 5.44. The van der Waals surface area contributed by atoms with Crippen molar-refractivity contribution >= 4 is 10.0 Å². The van der Waals surface area contributed by atoms with E-state index in [4.69, 9.17) is 0 Å². The fourth-order valence-corrected chi connectivity index (χ4v) is 2.64. The molecule has 0 spiro atoms. The lowest BCUT2D eigenvalue weighted by molar-refractivity contribution is 0.555. The highest BCUT2D eigenvalue weighted by molar-refractivity contribution is 7.89. The van der Waals surface area contributed by atoms with Crippen molar-refractivity contribution < 1.29 is 12.8 Å². The van der Waals surface area contributed by atoms with Gasteiger partial charge in [-0.1, -0.05) is 13.0 Å². The highest BCUT2D eigenvalue weighted by Crippen LogP contribution is 2.16. The summed E-state index contributed by atoms with van der Waals surface area (Å²) in [6.07, 6.45) is 0.664. The zero-order chi connectivity index (χ0) is 12.9. The van der Waals surface area contributed by atoms with Gasteiger partial charge in [0.05, 0.1) is 0 Å². The summed E-state index contributed by atoms with van der Waals surface area (Å²) in [5, 5.41) is 2.89. The second kappa shape index (κ2) is 6.09. The maximum absolute atomic E-state index is 13.5. The third-order valence-corrected chi connectivity index (χ3v) is 3.68. The number of sulfonamides is 1. The van der Waals surface area contributed by atoms with Crippen molar-refractivity contribution in [2.24, 2.45) is 0 Å². The van der Waals surface area contributed by atoms with Crippen molar-refractivity contribution in [1.29, 1.82) is 0 Å². The number of benzene rings is 1. The highest BCUT2D eigenvalue weighted by Gasteiger charge is 2.18. The molecule has 1 rings (SSSR count). The van der Waals surface area contributed by atoms with Crippen LogP contribution in [0, 0.1) is 5.82 Å². The van der Waals surface area contributed by atoms with Gasteiger partial charge < -0.3 is 5.32 Å². The Morgan fingerprint density at radius 2 is 2.06 bits per heavy atom. The van der Waals surface area contributed by atoms with Crippen molar-refractivity contribution in [2.75, 3.05) is 13.6 Å². The molecule has 1 aromatic rings. The molecule has 0 saturated heterocycles. The summed E-state index contributed by atoms with van der Waals surface area (Å²) in [4.78, 5) is -0.293. The maximum Gasteiger partial charge on any atom is 0.243 e. The molecule has 17 heavy (non-hydrogen) atoms. The summed E-state index contributed by atoms with van der Waals surface area (Å²) < 4.78 is 39.4. The van der Waals surface area contributed by atoms with Gasteiger partial charge in [-0.05, 0) is 31.2 Å². The molecule has 0 aliphatic rings. The van der Waals surface area contributed by atoms with Crippen LogP contribution in [0.4, 0.5) is 4.39 Å². The molecule has 0 bridgehead atoms. The highest BCUT2D eigenvalue weighted by atomic mass is 32.2. The Morgan fingerprint density at radius 3 is 2.65 bits per heavy atom. The van der Waals surface area contributed by atoms with E-state index in [2.05, 4.69) is 10.0 Å². The quantitative estimate of drug-likeness (QED) is 0.809. The normalized spacial score (nSPS) is 11.7. The van der Waals surface area contributed by atoms with Crippen LogP contribution in [-0.2, 0) is 16.6 Å². The molecule has 4 nitrogen and oxygen atoms in total. The molecule has 0 aliphatic carbocycles. The summed E-state index contributed by atoms with van der Waals surface area (Å²) in [5.41, 5.74) is 0.728. The molecule has 6 heteroatoms. The van der Waals surface area contributed by atoms with Crippen LogP contribution in [0.3, 0.4) is 0 Å². The molecule has 0 fully saturated rings. The predicted molar refractivity (Wildman–Crippen MR) is 64.6 cm³/mol. The second-order valence-corrected chi connectivity index (χ2v) is 5.43. The fourth-order valence-electron chi connectivity index (χ4n) is 1.38. The van der Waals surface area contributed by atoms with E-state index in [9.17, 15) is 12.8 Å². The van der Waals surface area contributed by atoms with E-state index in [0.717, 1.165) is 5.56 Å². The Kier molecular flexibility index (Phi) is 5.04. The Balaban J connectivity index is 3.07. The average Bonchev–Trinajstić information content (AvgIpc) is 2.29. The summed E-state index contributed by atoms with van der Waals surface area (Å²) in [6, 6.07) is 4.09. The summed E-state index contributed by atoms with van der Waals surface area (Å²) in [5.74, 6) is -0.728.